The van der Waals surface area contributed by atoms with Crippen molar-refractivity contribution in [2.24, 2.45) is 10.2 Å². The Kier molecular flexibility index (Phi) is 1.69. The normalized spacial score (nSPS) is 27.4. The van der Waals surface area contributed by atoms with Crippen molar-refractivity contribution in [3.8, 4) is 0 Å². The first-order valence-corrected chi connectivity index (χ1v) is 2.91. The second kappa shape index (κ2) is 2.39. The lowest BCUT2D eigenvalue weighted by atomic mass is 10.2. The molecule has 1 aliphatic heterocycles. The second-order valence-electron chi connectivity index (χ2n) is 1.79. The summed E-state index contributed by atoms with van der Waals surface area (Å²) in [5.74, 6) is 0. The summed E-state index contributed by atoms with van der Waals surface area (Å²) in [5.41, 5.74) is -2.18. The van der Waals surface area contributed by atoms with E-state index < -0.39 is 15.8 Å². The molecule has 0 aromatic rings. The number of carbonyl (C=O) groups excluding carboxylic acids is 1. The maximum Gasteiger partial charge on any atom is 0.423 e. The van der Waals surface area contributed by atoms with Crippen LogP contribution in [-0.2, 0) is 4.79 Å². The van der Waals surface area contributed by atoms with Crippen LogP contribution < -0.4 is 0 Å². The van der Waals surface area contributed by atoms with Gasteiger partial charge in [-0.15, -0.1) is 0 Å². The SMILES string of the molecule is O=C(Cl)C1([N+](=O)[O-])C=CN=N1. The number of nitro groups is 1. The molecular weight excluding hydrogens is 174 g/mol. The van der Waals surface area contributed by atoms with Crippen LogP contribution in [0.3, 0.4) is 0 Å². The van der Waals surface area contributed by atoms with Gasteiger partial charge in [0.25, 0.3) is 0 Å². The second-order valence-corrected chi connectivity index (χ2v) is 2.13. The first-order valence-electron chi connectivity index (χ1n) is 2.54. The van der Waals surface area contributed by atoms with Gasteiger partial charge in [-0.25, -0.2) is 0 Å². The van der Waals surface area contributed by atoms with E-state index in [9.17, 15) is 14.9 Å². The summed E-state index contributed by atoms with van der Waals surface area (Å²) < 4.78 is 0. The number of nitrogens with zero attached hydrogens (tertiary/aromatic N) is 3. The first kappa shape index (κ1) is 7.80. The highest BCUT2D eigenvalue weighted by atomic mass is 35.5. The minimum atomic E-state index is -2.18. The molecule has 0 aromatic heterocycles. The topological polar surface area (TPSA) is 84.9 Å². The average Bonchev–Trinajstić information content (AvgIpc) is 2.34. The fourth-order valence-corrected chi connectivity index (χ4v) is 0.736. The van der Waals surface area contributed by atoms with Crippen molar-refractivity contribution in [1.29, 1.82) is 0 Å². The molecular formula is C4H2ClN3O3. The molecule has 0 aliphatic carbocycles. The monoisotopic (exact) mass is 175 g/mol. The van der Waals surface area contributed by atoms with E-state index in [2.05, 4.69) is 10.2 Å². The summed E-state index contributed by atoms with van der Waals surface area (Å²) in [6.07, 6.45) is 1.99. The summed E-state index contributed by atoms with van der Waals surface area (Å²) >= 11 is 4.95. The van der Waals surface area contributed by atoms with Gasteiger partial charge in [-0.05, 0) is 11.6 Å². The molecule has 11 heavy (non-hydrogen) atoms. The van der Waals surface area contributed by atoms with Crippen LogP contribution in [0.4, 0.5) is 0 Å². The van der Waals surface area contributed by atoms with E-state index in [-0.39, 0.29) is 0 Å². The predicted molar refractivity (Wildman–Crippen MR) is 34.6 cm³/mol. The van der Waals surface area contributed by atoms with Gasteiger partial charge in [-0.3, -0.25) is 14.9 Å². The van der Waals surface area contributed by atoms with E-state index in [1.807, 2.05) is 0 Å². The largest absolute Gasteiger partial charge is 0.423 e. The van der Waals surface area contributed by atoms with Gasteiger partial charge in [-0.2, -0.15) is 5.11 Å². The summed E-state index contributed by atoms with van der Waals surface area (Å²) in [4.78, 5) is 19.9. The Morgan fingerprint density at radius 3 is 2.55 bits per heavy atom. The van der Waals surface area contributed by atoms with E-state index in [1.165, 1.54) is 0 Å². The molecule has 1 heterocycles. The Morgan fingerprint density at radius 2 is 2.36 bits per heavy atom. The summed E-state index contributed by atoms with van der Waals surface area (Å²) in [6, 6.07) is 0. The zero-order valence-electron chi connectivity index (χ0n) is 5.10. The van der Waals surface area contributed by atoms with Gasteiger partial charge in [0, 0.05) is 6.08 Å². The van der Waals surface area contributed by atoms with Crippen LogP contribution >= 0.6 is 11.6 Å². The van der Waals surface area contributed by atoms with E-state index in [1.54, 1.807) is 0 Å². The van der Waals surface area contributed by atoms with Crippen molar-refractivity contribution in [3.63, 3.8) is 0 Å². The Bertz CT molecular complexity index is 244. The van der Waals surface area contributed by atoms with Crippen molar-refractivity contribution in [3.05, 3.63) is 22.4 Å². The van der Waals surface area contributed by atoms with Crippen LogP contribution in [0, 0.1) is 10.1 Å². The Hall–Kier alpha value is -1.30. The average molecular weight is 176 g/mol. The van der Waals surface area contributed by atoms with Gasteiger partial charge >= 0.3 is 10.9 Å². The molecule has 0 radical (unpaired) electrons. The molecule has 1 rings (SSSR count). The Morgan fingerprint density at radius 1 is 1.73 bits per heavy atom. The van der Waals surface area contributed by atoms with E-state index in [0.717, 1.165) is 12.3 Å². The molecule has 0 N–H and O–H groups in total. The summed E-state index contributed by atoms with van der Waals surface area (Å²) in [6.45, 7) is 0. The molecule has 0 spiro atoms. The number of hydrogen-bond acceptors (Lipinski definition) is 5. The highest BCUT2D eigenvalue weighted by Gasteiger charge is 2.50. The van der Waals surface area contributed by atoms with E-state index in [4.69, 9.17) is 11.6 Å². The highest BCUT2D eigenvalue weighted by Crippen LogP contribution is 2.22. The molecule has 0 saturated heterocycles. The van der Waals surface area contributed by atoms with Crippen molar-refractivity contribution in [1.82, 2.24) is 0 Å². The fraction of sp³-hybridized carbons (Fsp3) is 0.250. The molecule has 0 bridgehead atoms. The number of halogens is 1. The van der Waals surface area contributed by atoms with Crippen molar-refractivity contribution < 1.29 is 9.72 Å². The maximum atomic E-state index is 10.5. The highest BCUT2D eigenvalue weighted by molar-refractivity contribution is 6.65. The zero-order chi connectivity index (χ0) is 8.48. The standard InChI is InChI=1S/C4H2ClN3O3/c5-3(9)4(8(10)11)1-2-6-7-4/h1-2H. The fourth-order valence-electron chi connectivity index (χ4n) is 0.566. The third-order valence-electron chi connectivity index (χ3n) is 1.15. The lowest BCUT2D eigenvalue weighted by Gasteiger charge is -2.05. The first-order chi connectivity index (χ1) is 5.09. The number of hydrogen-bond donors (Lipinski definition) is 0. The van der Waals surface area contributed by atoms with Gasteiger partial charge in [0.1, 0.15) is 0 Å². The maximum absolute atomic E-state index is 10.5. The van der Waals surface area contributed by atoms with Crippen LogP contribution in [-0.4, -0.2) is 15.8 Å². The molecule has 1 aliphatic rings. The van der Waals surface area contributed by atoms with Crippen LogP contribution in [0.1, 0.15) is 0 Å². The molecule has 0 amide bonds. The Labute approximate surface area is 65.7 Å². The number of carbonyl (C=O) groups is 1. The van der Waals surface area contributed by atoms with E-state index in [0.29, 0.717) is 0 Å². The third kappa shape index (κ3) is 1.01. The Balaban J connectivity index is 3.09. The van der Waals surface area contributed by atoms with Crippen LogP contribution in [0.25, 0.3) is 0 Å². The van der Waals surface area contributed by atoms with Crippen LogP contribution in [0.15, 0.2) is 22.5 Å². The quantitative estimate of drug-likeness (QED) is 0.352. The minimum Gasteiger partial charge on any atom is -0.270 e. The van der Waals surface area contributed by atoms with Crippen molar-refractivity contribution in [2.75, 3.05) is 0 Å². The van der Waals surface area contributed by atoms with Crippen LogP contribution in [0.2, 0.25) is 0 Å². The molecule has 58 valence electrons. The van der Waals surface area contributed by atoms with Crippen LogP contribution in [0.5, 0.6) is 0 Å². The minimum absolute atomic E-state index is 0.894. The van der Waals surface area contributed by atoms with Gasteiger partial charge in [0.2, 0.25) is 0 Å². The van der Waals surface area contributed by atoms with Crippen molar-refractivity contribution in [2.45, 2.75) is 5.66 Å². The molecule has 1 atom stereocenters. The van der Waals surface area contributed by atoms with Gasteiger partial charge in [0.05, 0.1) is 11.1 Å². The molecule has 0 fully saturated rings. The van der Waals surface area contributed by atoms with Gasteiger partial charge in [0.15, 0.2) is 0 Å². The molecule has 6 nitrogen and oxygen atoms in total. The summed E-state index contributed by atoms with van der Waals surface area (Å²) in [5, 5.41) is 15.4. The molecule has 0 aromatic carbocycles. The van der Waals surface area contributed by atoms with E-state index >= 15 is 0 Å². The smallest absolute Gasteiger partial charge is 0.270 e. The zero-order valence-corrected chi connectivity index (χ0v) is 5.85. The van der Waals surface area contributed by atoms with Crippen molar-refractivity contribution >= 4 is 16.8 Å². The van der Waals surface area contributed by atoms with Gasteiger partial charge < -0.3 is 0 Å². The predicted octanol–water partition coefficient (Wildman–Crippen LogP) is 0.704. The lowest BCUT2D eigenvalue weighted by Crippen LogP contribution is -2.38. The summed E-state index contributed by atoms with van der Waals surface area (Å²) in [7, 11) is 0. The van der Waals surface area contributed by atoms with Gasteiger partial charge in [-0.1, -0.05) is 5.11 Å². The number of rotatable bonds is 2. The molecule has 1 unspecified atom stereocenters. The lowest BCUT2D eigenvalue weighted by molar-refractivity contribution is -0.534. The number of azo groups is 1. The third-order valence-corrected chi connectivity index (χ3v) is 1.43. The molecule has 0 saturated carbocycles. The molecule has 7 heteroatoms.